The second-order valence-corrected chi connectivity index (χ2v) is 8.60. The van der Waals surface area contributed by atoms with Gasteiger partial charge in [0.05, 0.1) is 13.2 Å². The van der Waals surface area contributed by atoms with Gasteiger partial charge in [0.15, 0.2) is 0 Å². The third-order valence-electron chi connectivity index (χ3n) is 6.17. The molecule has 0 spiro atoms. The van der Waals surface area contributed by atoms with Crippen LogP contribution in [0.4, 0.5) is 5.69 Å². The molecule has 1 aromatic carbocycles. The number of likely N-dealkylation sites (N-methyl/N-ethyl adjacent to an activating group) is 1. The van der Waals surface area contributed by atoms with Crippen LogP contribution in [-0.2, 0) is 19.1 Å². The lowest BCUT2D eigenvalue weighted by atomic mass is 9.90. The van der Waals surface area contributed by atoms with Crippen LogP contribution in [0.1, 0.15) is 12.8 Å². The number of carbonyl (C=O) groups is 3. The Hall–Kier alpha value is -2.36. The van der Waals surface area contributed by atoms with Gasteiger partial charge in [0.1, 0.15) is 5.54 Å². The van der Waals surface area contributed by atoms with Crippen molar-refractivity contribution in [3.63, 3.8) is 0 Å². The SMILES string of the molecule is CNC(=O)C(CCC(=O)N1CCN(c2cccc(Cl)c2)CC1)(CN1CCOCC1)NC=O. The Labute approximate surface area is 194 Å². The highest BCUT2D eigenvalue weighted by molar-refractivity contribution is 6.30. The maximum absolute atomic E-state index is 13.0. The number of carbonyl (C=O) groups excluding carboxylic acids is 3. The van der Waals surface area contributed by atoms with Crippen molar-refractivity contribution in [2.45, 2.75) is 18.4 Å². The Morgan fingerprint density at radius 1 is 1.16 bits per heavy atom. The lowest BCUT2D eigenvalue weighted by molar-refractivity contribution is -0.135. The summed E-state index contributed by atoms with van der Waals surface area (Å²) in [7, 11) is 1.54. The second kappa shape index (κ2) is 11.5. The Bertz CT molecular complexity index is 796. The highest BCUT2D eigenvalue weighted by atomic mass is 35.5. The van der Waals surface area contributed by atoms with Crippen molar-refractivity contribution < 1.29 is 19.1 Å². The van der Waals surface area contributed by atoms with Crippen molar-refractivity contribution in [3.05, 3.63) is 29.3 Å². The van der Waals surface area contributed by atoms with E-state index >= 15 is 0 Å². The molecule has 0 aliphatic carbocycles. The number of amides is 3. The van der Waals surface area contributed by atoms with Crippen LogP contribution in [0.3, 0.4) is 0 Å². The van der Waals surface area contributed by atoms with E-state index in [1.807, 2.05) is 29.2 Å². The molecule has 32 heavy (non-hydrogen) atoms. The number of nitrogens with one attached hydrogen (secondary N) is 2. The Balaban J connectivity index is 1.59. The van der Waals surface area contributed by atoms with Gasteiger partial charge in [-0.2, -0.15) is 0 Å². The first-order valence-electron chi connectivity index (χ1n) is 11.0. The second-order valence-electron chi connectivity index (χ2n) is 8.16. The molecule has 0 saturated carbocycles. The highest BCUT2D eigenvalue weighted by Gasteiger charge is 2.40. The summed E-state index contributed by atoms with van der Waals surface area (Å²) in [6, 6.07) is 7.70. The maximum Gasteiger partial charge on any atom is 0.246 e. The maximum atomic E-state index is 13.0. The van der Waals surface area contributed by atoms with Crippen LogP contribution in [0.25, 0.3) is 0 Å². The molecule has 176 valence electrons. The number of anilines is 1. The average molecular weight is 466 g/mol. The zero-order valence-corrected chi connectivity index (χ0v) is 19.3. The van der Waals surface area contributed by atoms with Crippen molar-refractivity contribution in [2.24, 2.45) is 0 Å². The van der Waals surface area contributed by atoms with E-state index in [0.717, 1.165) is 5.69 Å². The van der Waals surface area contributed by atoms with Gasteiger partial charge < -0.3 is 25.2 Å². The van der Waals surface area contributed by atoms with Crippen molar-refractivity contribution in [1.29, 1.82) is 0 Å². The van der Waals surface area contributed by atoms with Crippen LogP contribution in [0.2, 0.25) is 5.02 Å². The summed E-state index contributed by atoms with van der Waals surface area (Å²) in [5.74, 6) is -0.312. The first-order valence-corrected chi connectivity index (χ1v) is 11.4. The number of rotatable bonds is 9. The van der Waals surface area contributed by atoms with E-state index in [1.54, 1.807) is 7.05 Å². The van der Waals surface area contributed by atoms with E-state index < -0.39 is 5.54 Å². The largest absolute Gasteiger partial charge is 0.379 e. The zero-order valence-electron chi connectivity index (χ0n) is 18.5. The Morgan fingerprint density at radius 3 is 2.50 bits per heavy atom. The smallest absolute Gasteiger partial charge is 0.246 e. The third-order valence-corrected chi connectivity index (χ3v) is 6.40. The van der Waals surface area contributed by atoms with Gasteiger partial charge in [-0.15, -0.1) is 0 Å². The molecule has 2 heterocycles. The van der Waals surface area contributed by atoms with Crippen LogP contribution in [-0.4, -0.2) is 99.6 Å². The van der Waals surface area contributed by atoms with Crippen molar-refractivity contribution in [2.75, 3.05) is 71.0 Å². The lowest BCUT2D eigenvalue weighted by Crippen LogP contribution is -2.63. The van der Waals surface area contributed by atoms with Crippen molar-refractivity contribution in [3.8, 4) is 0 Å². The average Bonchev–Trinajstić information content (AvgIpc) is 2.82. The minimum atomic E-state index is -1.16. The van der Waals surface area contributed by atoms with Crippen LogP contribution in [0.15, 0.2) is 24.3 Å². The van der Waals surface area contributed by atoms with Gasteiger partial charge in [-0.3, -0.25) is 19.3 Å². The van der Waals surface area contributed by atoms with Gasteiger partial charge in [0.25, 0.3) is 0 Å². The number of halogens is 1. The molecule has 1 aromatic rings. The fourth-order valence-electron chi connectivity index (χ4n) is 4.31. The molecule has 2 N–H and O–H groups in total. The van der Waals surface area contributed by atoms with Gasteiger partial charge >= 0.3 is 0 Å². The number of morpholine rings is 1. The number of hydrogen-bond donors (Lipinski definition) is 2. The molecule has 2 fully saturated rings. The van der Waals surface area contributed by atoms with E-state index in [1.165, 1.54) is 0 Å². The predicted molar refractivity (Wildman–Crippen MR) is 123 cm³/mol. The standard InChI is InChI=1S/C22H32ClN5O4/c1-24-21(31)22(25-17-29,16-26-11-13-32-14-12-26)6-5-20(30)28-9-7-27(8-10-28)19-4-2-3-18(23)15-19/h2-4,15,17H,5-14,16H2,1H3,(H,24,31)(H,25,29). The summed E-state index contributed by atoms with van der Waals surface area (Å²) in [6.45, 7) is 5.50. The number of nitrogens with zero attached hydrogens (tertiary/aromatic N) is 3. The first-order chi connectivity index (χ1) is 15.5. The van der Waals surface area contributed by atoms with E-state index in [9.17, 15) is 14.4 Å². The van der Waals surface area contributed by atoms with Gasteiger partial charge in [0.2, 0.25) is 18.2 Å². The summed E-state index contributed by atoms with van der Waals surface area (Å²) >= 11 is 6.10. The molecule has 2 saturated heterocycles. The monoisotopic (exact) mass is 465 g/mol. The number of benzene rings is 1. The summed E-state index contributed by atoms with van der Waals surface area (Å²) in [6.07, 6.45) is 0.954. The molecule has 0 aromatic heterocycles. The minimum Gasteiger partial charge on any atom is -0.379 e. The van der Waals surface area contributed by atoms with Gasteiger partial charge in [-0.25, -0.2) is 0 Å². The molecular formula is C22H32ClN5O4. The molecule has 3 rings (SSSR count). The topological polar surface area (TPSA) is 94.2 Å². The number of piperazine rings is 1. The quantitative estimate of drug-likeness (QED) is 0.510. The highest BCUT2D eigenvalue weighted by Crippen LogP contribution is 2.22. The minimum absolute atomic E-state index is 0.0151. The molecule has 3 amide bonds. The zero-order chi connectivity index (χ0) is 23.0. The molecular weight excluding hydrogens is 434 g/mol. The molecule has 1 atom stereocenters. The number of hydrogen-bond acceptors (Lipinski definition) is 6. The summed E-state index contributed by atoms with van der Waals surface area (Å²) in [4.78, 5) is 43.2. The van der Waals surface area contributed by atoms with Gasteiger partial charge in [-0.05, 0) is 24.6 Å². The summed E-state index contributed by atoms with van der Waals surface area (Å²) in [5.41, 5.74) is -0.115. The Kier molecular flexibility index (Phi) is 8.72. The van der Waals surface area contributed by atoms with Crippen LogP contribution < -0.4 is 15.5 Å². The van der Waals surface area contributed by atoms with Gasteiger partial charge in [-0.1, -0.05) is 17.7 Å². The third kappa shape index (κ3) is 6.11. The van der Waals surface area contributed by atoms with Crippen LogP contribution in [0.5, 0.6) is 0 Å². The molecule has 2 aliphatic rings. The Morgan fingerprint density at radius 2 is 1.88 bits per heavy atom. The van der Waals surface area contributed by atoms with E-state index in [-0.39, 0.29) is 24.7 Å². The van der Waals surface area contributed by atoms with Crippen LogP contribution in [0, 0.1) is 0 Å². The fourth-order valence-corrected chi connectivity index (χ4v) is 4.49. The number of ether oxygens (including phenoxy) is 1. The van der Waals surface area contributed by atoms with Crippen molar-refractivity contribution in [1.82, 2.24) is 20.4 Å². The van der Waals surface area contributed by atoms with E-state index in [2.05, 4.69) is 20.4 Å². The molecule has 2 aliphatic heterocycles. The van der Waals surface area contributed by atoms with Crippen LogP contribution >= 0.6 is 11.6 Å². The predicted octanol–water partition coefficient (Wildman–Crippen LogP) is 0.332. The first kappa shape index (κ1) is 24.3. The van der Waals surface area contributed by atoms with E-state index in [4.69, 9.17) is 16.3 Å². The summed E-state index contributed by atoms with van der Waals surface area (Å²) < 4.78 is 5.38. The normalized spacial score (nSPS) is 19.2. The molecule has 10 heteroatoms. The summed E-state index contributed by atoms with van der Waals surface area (Å²) in [5, 5.41) is 6.06. The molecule has 0 radical (unpaired) electrons. The molecule has 1 unspecified atom stereocenters. The molecule has 0 bridgehead atoms. The lowest BCUT2D eigenvalue weighted by Gasteiger charge is -2.39. The molecule has 9 nitrogen and oxygen atoms in total. The van der Waals surface area contributed by atoms with Gasteiger partial charge in [0, 0.05) is 70.0 Å². The fraction of sp³-hybridized carbons (Fsp3) is 0.591. The van der Waals surface area contributed by atoms with E-state index in [0.29, 0.717) is 70.5 Å². The van der Waals surface area contributed by atoms with Crippen molar-refractivity contribution >= 4 is 35.5 Å².